The Morgan fingerprint density at radius 3 is 2.89 bits per heavy atom. The summed E-state index contributed by atoms with van der Waals surface area (Å²) in [5.74, 6) is -1.03. The predicted octanol–water partition coefficient (Wildman–Crippen LogP) is 1.77. The van der Waals surface area contributed by atoms with Gasteiger partial charge in [-0.15, -0.1) is 6.58 Å². The number of carboxylic acid groups (broad SMARTS) is 1. The van der Waals surface area contributed by atoms with Crippen LogP contribution in [-0.4, -0.2) is 31.1 Å². The van der Waals surface area contributed by atoms with E-state index in [9.17, 15) is 4.79 Å². The van der Waals surface area contributed by atoms with E-state index in [1.54, 1.807) is 6.08 Å². The summed E-state index contributed by atoms with van der Waals surface area (Å²) in [7, 11) is 0. The molecular weight excluding hydrogens is 232 g/mol. The van der Waals surface area contributed by atoms with Gasteiger partial charge in [0.2, 0.25) is 0 Å². The maximum Gasteiger partial charge on any atom is 0.353 e. The summed E-state index contributed by atoms with van der Waals surface area (Å²) in [4.78, 5) is 10.8. The molecule has 0 aliphatic rings. The topological polar surface area (TPSA) is 83.8 Å². The monoisotopic (exact) mass is 246 g/mol. The minimum Gasteiger partial charge on any atom is -0.477 e. The lowest BCUT2D eigenvalue weighted by atomic mass is 10.1. The van der Waals surface area contributed by atoms with Crippen molar-refractivity contribution in [1.29, 1.82) is 0 Å². The lowest BCUT2D eigenvalue weighted by Crippen LogP contribution is -1.99. The third-order valence-corrected chi connectivity index (χ3v) is 2.75. The van der Waals surface area contributed by atoms with Crippen LogP contribution < -0.4 is 0 Å². The van der Waals surface area contributed by atoms with Crippen LogP contribution >= 0.6 is 0 Å². The van der Waals surface area contributed by atoms with Crippen LogP contribution in [0.3, 0.4) is 0 Å². The van der Waals surface area contributed by atoms with E-state index in [4.69, 9.17) is 5.11 Å². The molecule has 2 heterocycles. The SMILES string of the molecule is C=CCn1nc(C)c(-c2cc(C(=O)O)[nH]n2)c1C. The van der Waals surface area contributed by atoms with Gasteiger partial charge in [-0.1, -0.05) is 6.08 Å². The summed E-state index contributed by atoms with van der Waals surface area (Å²) in [6.45, 7) is 8.09. The van der Waals surface area contributed by atoms with Gasteiger partial charge in [0.15, 0.2) is 0 Å². The molecule has 6 nitrogen and oxygen atoms in total. The molecule has 2 N–H and O–H groups in total. The molecule has 6 heteroatoms. The number of rotatable bonds is 4. The number of aromatic amines is 1. The van der Waals surface area contributed by atoms with Gasteiger partial charge < -0.3 is 5.11 Å². The highest BCUT2D eigenvalue weighted by Crippen LogP contribution is 2.25. The van der Waals surface area contributed by atoms with E-state index in [-0.39, 0.29) is 5.69 Å². The second-order valence-corrected chi connectivity index (χ2v) is 3.99. The molecule has 18 heavy (non-hydrogen) atoms. The predicted molar refractivity (Wildman–Crippen MR) is 66.4 cm³/mol. The number of nitrogens with zero attached hydrogens (tertiary/aromatic N) is 3. The van der Waals surface area contributed by atoms with Crippen LogP contribution in [0.25, 0.3) is 11.3 Å². The fourth-order valence-corrected chi connectivity index (χ4v) is 1.93. The molecule has 0 saturated heterocycles. The van der Waals surface area contributed by atoms with Crippen molar-refractivity contribution in [2.24, 2.45) is 0 Å². The second-order valence-electron chi connectivity index (χ2n) is 3.99. The Hall–Kier alpha value is -2.37. The average Bonchev–Trinajstić information content (AvgIpc) is 2.86. The average molecular weight is 246 g/mol. The van der Waals surface area contributed by atoms with Crippen molar-refractivity contribution >= 4 is 5.97 Å². The van der Waals surface area contributed by atoms with Gasteiger partial charge in [0.25, 0.3) is 0 Å². The zero-order valence-electron chi connectivity index (χ0n) is 10.3. The summed E-state index contributed by atoms with van der Waals surface area (Å²) in [5, 5.41) is 19.8. The van der Waals surface area contributed by atoms with Crippen LogP contribution in [0.15, 0.2) is 18.7 Å². The highest BCUT2D eigenvalue weighted by atomic mass is 16.4. The Bertz CT molecular complexity index is 610. The van der Waals surface area contributed by atoms with E-state index in [2.05, 4.69) is 21.9 Å². The molecule has 0 aliphatic heterocycles. The molecule has 0 atom stereocenters. The van der Waals surface area contributed by atoms with Crippen molar-refractivity contribution in [1.82, 2.24) is 20.0 Å². The Balaban J connectivity index is 2.49. The fourth-order valence-electron chi connectivity index (χ4n) is 1.93. The lowest BCUT2D eigenvalue weighted by Gasteiger charge is -1.99. The number of aromatic nitrogens is 4. The number of nitrogens with one attached hydrogen (secondary N) is 1. The van der Waals surface area contributed by atoms with E-state index in [0.29, 0.717) is 12.2 Å². The van der Waals surface area contributed by atoms with Crippen molar-refractivity contribution in [3.63, 3.8) is 0 Å². The Kier molecular flexibility index (Phi) is 3.01. The number of hydrogen-bond donors (Lipinski definition) is 2. The summed E-state index contributed by atoms with van der Waals surface area (Å²) in [6, 6.07) is 1.51. The number of H-pyrrole nitrogens is 1. The Morgan fingerprint density at radius 1 is 1.61 bits per heavy atom. The molecule has 0 spiro atoms. The van der Waals surface area contributed by atoms with E-state index in [1.165, 1.54) is 6.07 Å². The van der Waals surface area contributed by atoms with Crippen molar-refractivity contribution < 1.29 is 9.90 Å². The van der Waals surface area contributed by atoms with Crippen molar-refractivity contribution in [2.75, 3.05) is 0 Å². The first-order valence-electron chi connectivity index (χ1n) is 5.48. The molecule has 2 rings (SSSR count). The fraction of sp³-hybridized carbons (Fsp3) is 0.250. The quantitative estimate of drug-likeness (QED) is 0.805. The van der Waals surface area contributed by atoms with Crippen LogP contribution in [0.5, 0.6) is 0 Å². The Morgan fingerprint density at radius 2 is 2.33 bits per heavy atom. The Labute approximate surface area is 104 Å². The normalized spacial score (nSPS) is 10.6. The third-order valence-electron chi connectivity index (χ3n) is 2.75. The molecule has 0 amide bonds. The molecule has 0 bridgehead atoms. The zero-order valence-corrected chi connectivity index (χ0v) is 10.3. The van der Waals surface area contributed by atoms with Crippen LogP contribution in [-0.2, 0) is 6.54 Å². The molecule has 0 fully saturated rings. The number of aromatic carboxylic acids is 1. The molecule has 0 unspecified atom stereocenters. The van der Waals surface area contributed by atoms with Gasteiger partial charge in [-0.2, -0.15) is 10.2 Å². The van der Waals surface area contributed by atoms with E-state index < -0.39 is 5.97 Å². The molecule has 0 radical (unpaired) electrons. The van der Waals surface area contributed by atoms with Crippen LogP contribution in [0.1, 0.15) is 21.9 Å². The first-order chi connectivity index (χ1) is 8.54. The number of hydrogen-bond acceptors (Lipinski definition) is 3. The maximum atomic E-state index is 10.8. The number of carboxylic acids is 1. The lowest BCUT2D eigenvalue weighted by molar-refractivity contribution is 0.0690. The summed E-state index contributed by atoms with van der Waals surface area (Å²) in [6.07, 6.45) is 1.76. The van der Waals surface area contributed by atoms with E-state index in [1.807, 2.05) is 18.5 Å². The van der Waals surface area contributed by atoms with Crippen LogP contribution in [0.4, 0.5) is 0 Å². The first kappa shape index (κ1) is 12.1. The van der Waals surface area contributed by atoms with Crippen LogP contribution in [0.2, 0.25) is 0 Å². The van der Waals surface area contributed by atoms with Gasteiger partial charge in [0, 0.05) is 11.3 Å². The largest absolute Gasteiger partial charge is 0.477 e. The van der Waals surface area contributed by atoms with Gasteiger partial charge in [-0.05, 0) is 19.9 Å². The maximum absolute atomic E-state index is 10.8. The summed E-state index contributed by atoms with van der Waals surface area (Å²) < 4.78 is 1.81. The van der Waals surface area contributed by atoms with Gasteiger partial charge >= 0.3 is 5.97 Å². The van der Waals surface area contributed by atoms with Crippen molar-refractivity contribution in [3.8, 4) is 11.3 Å². The van der Waals surface area contributed by atoms with Gasteiger partial charge in [-0.3, -0.25) is 9.78 Å². The molecule has 0 aromatic carbocycles. The van der Waals surface area contributed by atoms with Crippen molar-refractivity contribution in [3.05, 3.63) is 35.8 Å². The molecule has 94 valence electrons. The molecule has 2 aromatic heterocycles. The highest BCUT2D eigenvalue weighted by Gasteiger charge is 2.17. The van der Waals surface area contributed by atoms with Gasteiger partial charge in [-0.25, -0.2) is 4.79 Å². The van der Waals surface area contributed by atoms with Crippen molar-refractivity contribution in [2.45, 2.75) is 20.4 Å². The zero-order chi connectivity index (χ0) is 13.3. The molecule has 0 saturated carbocycles. The van der Waals surface area contributed by atoms with Gasteiger partial charge in [0.05, 0.1) is 17.9 Å². The van der Waals surface area contributed by atoms with Gasteiger partial charge in [0.1, 0.15) is 5.69 Å². The van der Waals surface area contributed by atoms with E-state index >= 15 is 0 Å². The third kappa shape index (κ3) is 1.92. The molecule has 0 aliphatic carbocycles. The number of allylic oxidation sites excluding steroid dienone is 1. The molecule has 2 aromatic rings. The second kappa shape index (κ2) is 4.48. The standard InChI is InChI=1S/C12H14N4O2/c1-4-5-16-8(3)11(7(2)15-16)9-6-10(12(17)18)14-13-9/h4,6H,1,5H2,2-3H3,(H,13,14)(H,17,18). The summed E-state index contributed by atoms with van der Waals surface area (Å²) >= 11 is 0. The molecular formula is C12H14N4O2. The first-order valence-corrected chi connectivity index (χ1v) is 5.48. The van der Waals surface area contributed by atoms with Crippen LogP contribution in [0, 0.1) is 13.8 Å². The van der Waals surface area contributed by atoms with E-state index in [0.717, 1.165) is 17.0 Å². The minimum absolute atomic E-state index is 0.0697. The summed E-state index contributed by atoms with van der Waals surface area (Å²) in [5.41, 5.74) is 3.28. The number of carbonyl (C=O) groups is 1. The number of aryl methyl sites for hydroxylation is 1. The minimum atomic E-state index is -1.03. The smallest absolute Gasteiger partial charge is 0.353 e. The highest BCUT2D eigenvalue weighted by molar-refractivity contribution is 5.87.